The van der Waals surface area contributed by atoms with Crippen LogP contribution in [0.3, 0.4) is 0 Å². The Morgan fingerprint density at radius 1 is 1.10 bits per heavy atom. The van der Waals surface area contributed by atoms with Gasteiger partial charge in [-0.1, -0.05) is 56.5 Å². The fourth-order valence-electron chi connectivity index (χ4n) is 5.42. The standard InChI is InChI=1S/C25H30N4O2/c1-25(13-6-3-7-14-25)23(30)27-16-12-20(18-27)29-22-21(11-8-15-26-22)28(24(29)31)17-19-9-4-2-5-10-19/h2,4-5,8-11,15,20H,3,6-7,12-14,16-18H2,1H3/t20-/m1/s1. The average Bonchev–Trinajstić information content (AvgIpc) is 3.38. The average molecular weight is 419 g/mol. The number of nitrogens with zero attached hydrogens (tertiary/aromatic N) is 4. The summed E-state index contributed by atoms with van der Waals surface area (Å²) in [6.45, 7) is 3.95. The van der Waals surface area contributed by atoms with Crippen LogP contribution in [0.25, 0.3) is 11.2 Å². The Bertz CT molecular complexity index is 1140. The van der Waals surface area contributed by atoms with Crippen molar-refractivity contribution in [1.29, 1.82) is 0 Å². The van der Waals surface area contributed by atoms with E-state index in [1.165, 1.54) is 6.42 Å². The molecule has 1 saturated carbocycles. The van der Waals surface area contributed by atoms with Gasteiger partial charge in [0.2, 0.25) is 5.91 Å². The van der Waals surface area contributed by atoms with Gasteiger partial charge in [0.05, 0.1) is 18.1 Å². The number of aromatic nitrogens is 3. The first-order valence-electron chi connectivity index (χ1n) is 11.5. The molecule has 6 nitrogen and oxygen atoms in total. The minimum absolute atomic E-state index is 0.0296. The molecule has 6 heteroatoms. The second kappa shape index (κ2) is 7.98. The number of amides is 1. The predicted octanol–water partition coefficient (Wildman–Crippen LogP) is 3.99. The van der Waals surface area contributed by atoms with Crippen LogP contribution >= 0.6 is 0 Å². The molecule has 1 atom stereocenters. The van der Waals surface area contributed by atoms with E-state index in [0.717, 1.165) is 43.2 Å². The lowest BCUT2D eigenvalue weighted by Gasteiger charge is -2.35. The van der Waals surface area contributed by atoms with Crippen molar-refractivity contribution in [3.05, 3.63) is 64.7 Å². The number of imidazole rings is 1. The van der Waals surface area contributed by atoms with Gasteiger partial charge in [-0.05, 0) is 37.0 Å². The summed E-state index contributed by atoms with van der Waals surface area (Å²) in [4.78, 5) is 33.4. The van der Waals surface area contributed by atoms with E-state index in [-0.39, 0.29) is 23.1 Å². The molecule has 5 rings (SSSR count). The lowest BCUT2D eigenvalue weighted by molar-refractivity contribution is -0.142. The topological polar surface area (TPSA) is 60.1 Å². The second-order valence-corrected chi connectivity index (χ2v) is 9.39. The van der Waals surface area contributed by atoms with E-state index >= 15 is 0 Å². The van der Waals surface area contributed by atoms with Crippen LogP contribution in [0.15, 0.2) is 53.5 Å². The highest BCUT2D eigenvalue weighted by Crippen LogP contribution is 2.39. The van der Waals surface area contributed by atoms with Gasteiger partial charge in [-0.3, -0.25) is 13.9 Å². The number of carbonyl (C=O) groups is 1. The third-order valence-electron chi connectivity index (χ3n) is 7.19. The number of rotatable bonds is 4. The van der Waals surface area contributed by atoms with Crippen LogP contribution < -0.4 is 5.69 Å². The van der Waals surface area contributed by atoms with Crippen molar-refractivity contribution in [2.45, 2.75) is 58.0 Å². The van der Waals surface area contributed by atoms with Crippen molar-refractivity contribution in [3.8, 4) is 0 Å². The molecular weight excluding hydrogens is 388 g/mol. The van der Waals surface area contributed by atoms with Crippen molar-refractivity contribution in [1.82, 2.24) is 19.0 Å². The minimum atomic E-state index is -0.238. The van der Waals surface area contributed by atoms with Crippen molar-refractivity contribution in [2.24, 2.45) is 5.41 Å². The smallest absolute Gasteiger partial charge is 0.330 e. The van der Waals surface area contributed by atoms with Crippen LogP contribution in [0.5, 0.6) is 0 Å². The summed E-state index contributed by atoms with van der Waals surface area (Å²) in [5.74, 6) is 0.267. The van der Waals surface area contributed by atoms with Crippen LogP contribution in [-0.2, 0) is 11.3 Å². The van der Waals surface area contributed by atoms with Crippen molar-refractivity contribution in [2.75, 3.05) is 13.1 Å². The molecule has 2 aliphatic rings. The van der Waals surface area contributed by atoms with Crippen LogP contribution in [0.1, 0.15) is 57.1 Å². The van der Waals surface area contributed by atoms with Gasteiger partial charge in [0, 0.05) is 24.7 Å². The molecule has 0 spiro atoms. The highest BCUT2D eigenvalue weighted by molar-refractivity contribution is 5.82. The molecule has 3 aromatic rings. The van der Waals surface area contributed by atoms with Crippen LogP contribution in [0.2, 0.25) is 0 Å². The Morgan fingerprint density at radius 3 is 2.65 bits per heavy atom. The van der Waals surface area contributed by atoms with Gasteiger partial charge < -0.3 is 4.90 Å². The van der Waals surface area contributed by atoms with E-state index < -0.39 is 0 Å². The van der Waals surface area contributed by atoms with Gasteiger partial charge in [-0.2, -0.15) is 0 Å². The maximum atomic E-state index is 13.5. The first kappa shape index (κ1) is 20.0. The van der Waals surface area contributed by atoms with E-state index in [1.54, 1.807) is 6.20 Å². The molecule has 162 valence electrons. The first-order valence-corrected chi connectivity index (χ1v) is 11.5. The third kappa shape index (κ3) is 3.58. The largest absolute Gasteiger partial charge is 0.340 e. The van der Waals surface area contributed by atoms with Crippen LogP contribution in [0.4, 0.5) is 0 Å². The zero-order valence-corrected chi connectivity index (χ0v) is 18.2. The normalized spacial score (nSPS) is 20.9. The molecule has 1 saturated heterocycles. The number of carbonyl (C=O) groups excluding carboxylic acids is 1. The highest BCUT2D eigenvalue weighted by Gasteiger charge is 2.40. The number of hydrogen-bond donors (Lipinski definition) is 0. The molecule has 3 heterocycles. The number of pyridine rings is 1. The van der Waals surface area contributed by atoms with Gasteiger partial charge in [0.1, 0.15) is 0 Å². The van der Waals surface area contributed by atoms with E-state index in [2.05, 4.69) is 11.9 Å². The summed E-state index contributed by atoms with van der Waals surface area (Å²) >= 11 is 0. The Hall–Kier alpha value is -2.89. The van der Waals surface area contributed by atoms with Gasteiger partial charge in [0.25, 0.3) is 0 Å². The number of likely N-dealkylation sites (tertiary alicyclic amines) is 1. The van der Waals surface area contributed by atoms with E-state index in [0.29, 0.717) is 25.3 Å². The van der Waals surface area contributed by atoms with Gasteiger partial charge >= 0.3 is 5.69 Å². The molecule has 2 fully saturated rings. The van der Waals surface area contributed by atoms with E-state index in [1.807, 2.05) is 56.5 Å². The fourth-order valence-corrected chi connectivity index (χ4v) is 5.42. The summed E-state index contributed by atoms with van der Waals surface area (Å²) in [5, 5.41) is 0. The van der Waals surface area contributed by atoms with E-state index in [9.17, 15) is 9.59 Å². The highest BCUT2D eigenvalue weighted by atomic mass is 16.2. The van der Waals surface area contributed by atoms with Gasteiger partial charge in [0.15, 0.2) is 5.65 Å². The molecule has 1 amide bonds. The Labute approximate surface area is 182 Å². The Kier molecular flexibility index (Phi) is 5.16. The number of benzene rings is 1. The minimum Gasteiger partial charge on any atom is -0.340 e. The molecule has 0 N–H and O–H groups in total. The lowest BCUT2D eigenvalue weighted by atomic mass is 9.75. The molecule has 1 aliphatic carbocycles. The summed E-state index contributed by atoms with van der Waals surface area (Å²) in [6.07, 6.45) is 7.99. The molecular formula is C25H30N4O2. The number of hydrogen-bond acceptors (Lipinski definition) is 3. The second-order valence-electron chi connectivity index (χ2n) is 9.39. The molecule has 1 aromatic carbocycles. The number of fused-ring (bicyclic) bond motifs is 1. The predicted molar refractivity (Wildman–Crippen MR) is 121 cm³/mol. The lowest BCUT2D eigenvalue weighted by Crippen LogP contribution is -2.42. The summed E-state index contributed by atoms with van der Waals surface area (Å²) in [7, 11) is 0. The zero-order valence-electron chi connectivity index (χ0n) is 18.2. The molecule has 0 unspecified atom stereocenters. The van der Waals surface area contributed by atoms with Gasteiger partial charge in [-0.15, -0.1) is 0 Å². The van der Waals surface area contributed by atoms with Crippen LogP contribution in [0, 0.1) is 5.41 Å². The zero-order chi connectivity index (χ0) is 21.4. The van der Waals surface area contributed by atoms with Crippen molar-refractivity contribution in [3.63, 3.8) is 0 Å². The fraction of sp³-hybridized carbons (Fsp3) is 0.480. The Morgan fingerprint density at radius 2 is 1.87 bits per heavy atom. The summed E-state index contributed by atoms with van der Waals surface area (Å²) in [6, 6.07) is 13.8. The van der Waals surface area contributed by atoms with E-state index in [4.69, 9.17) is 0 Å². The SMILES string of the molecule is CC1(C(=O)N2CC[C@@H](n3c(=O)n(Cc4ccccc4)c4cccnc43)C2)CCCCC1. The van der Waals surface area contributed by atoms with Gasteiger partial charge in [-0.25, -0.2) is 9.78 Å². The Balaban J connectivity index is 1.45. The molecule has 0 bridgehead atoms. The molecule has 1 aliphatic heterocycles. The van der Waals surface area contributed by atoms with Crippen LogP contribution in [-0.4, -0.2) is 38.0 Å². The molecule has 0 radical (unpaired) electrons. The van der Waals surface area contributed by atoms with Crippen molar-refractivity contribution < 1.29 is 4.79 Å². The molecule has 2 aromatic heterocycles. The summed E-state index contributed by atoms with van der Waals surface area (Å²) in [5.41, 5.74) is 2.37. The summed E-state index contributed by atoms with van der Waals surface area (Å²) < 4.78 is 3.64. The molecule has 31 heavy (non-hydrogen) atoms. The van der Waals surface area contributed by atoms with Crippen molar-refractivity contribution >= 4 is 17.1 Å². The maximum Gasteiger partial charge on any atom is 0.330 e. The first-order chi connectivity index (χ1) is 15.1. The quantitative estimate of drug-likeness (QED) is 0.644. The maximum absolute atomic E-state index is 13.5. The monoisotopic (exact) mass is 418 g/mol. The third-order valence-corrected chi connectivity index (χ3v) is 7.19.